The molecule has 28 heavy (non-hydrogen) atoms. The number of piperidine rings is 1. The predicted molar refractivity (Wildman–Crippen MR) is 115 cm³/mol. The minimum absolute atomic E-state index is 0.0749. The number of thiophene rings is 1. The van der Waals surface area contributed by atoms with Crippen LogP contribution in [0.5, 0.6) is 0 Å². The van der Waals surface area contributed by atoms with E-state index in [9.17, 15) is 13.2 Å². The van der Waals surface area contributed by atoms with Gasteiger partial charge in [-0.15, -0.1) is 11.3 Å². The molecule has 0 saturated carbocycles. The zero-order valence-electron chi connectivity index (χ0n) is 17.0. The summed E-state index contributed by atoms with van der Waals surface area (Å²) in [5.74, 6) is 0.182. The van der Waals surface area contributed by atoms with Gasteiger partial charge in [-0.05, 0) is 56.9 Å². The van der Waals surface area contributed by atoms with Crippen LogP contribution in [0.4, 0.5) is 0 Å². The topological polar surface area (TPSA) is 69.7 Å². The average Bonchev–Trinajstić information content (AvgIpc) is 3.14. The molecule has 0 aliphatic carbocycles. The van der Waals surface area contributed by atoms with Crippen LogP contribution in [0.3, 0.4) is 0 Å². The Bertz CT molecular complexity index is 727. The van der Waals surface area contributed by atoms with E-state index in [1.165, 1.54) is 4.31 Å². The summed E-state index contributed by atoms with van der Waals surface area (Å²) in [4.78, 5) is 14.8. The molecule has 9 heteroatoms. The average molecular weight is 450 g/mol. The van der Waals surface area contributed by atoms with Crippen LogP contribution in [0.1, 0.15) is 40.0 Å². The van der Waals surface area contributed by atoms with Crippen molar-refractivity contribution in [2.24, 2.45) is 11.8 Å². The van der Waals surface area contributed by atoms with Crippen LogP contribution in [0.15, 0.2) is 16.3 Å². The third kappa shape index (κ3) is 6.16. The molecule has 0 unspecified atom stereocenters. The van der Waals surface area contributed by atoms with E-state index in [4.69, 9.17) is 11.6 Å². The summed E-state index contributed by atoms with van der Waals surface area (Å²) in [6.45, 7) is 10.9. The number of hydrogen-bond donors (Lipinski definition) is 1. The first-order valence-corrected chi connectivity index (χ1v) is 12.7. The van der Waals surface area contributed by atoms with Crippen LogP contribution in [-0.4, -0.2) is 62.8 Å². The van der Waals surface area contributed by atoms with Gasteiger partial charge in [-0.3, -0.25) is 4.79 Å². The molecule has 1 N–H and O–H groups in total. The van der Waals surface area contributed by atoms with Crippen molar-refractivity contribution in [3.63, 3.8) is 0 Å². The van der Waals surface area contributed by atoms with Gasteiger partial charge in [-0.2, -0.15) is 4.31 Å². The number of carbonyl (C=O) groups is 1. The number of nitrogens with one attached hydrogen (secondary N) is 1. The molecule has 1 atom stereocenters. The molecule has 0 spiro atoms. The highest BCUT2D eigenvalue weighted by Crippen LogP contribution is 2.32. The highest BCUT2D eigenvalue weighted by atomic mass is 35.5. The van der Waals surface area contributed by atoms with E-state index in [-0.39, 0.29) is 22.0 Å². The van der Waals surface area contributed by atoms with Gasteiger partial charge in [0.15, 0.2) is 0 Å². The van der Waals surface area contributed by atoms with Gasteiger partial charge in [0.1, 0.15) is 4.21 Å². The highest BCUT2D eigenvalue weighted by molar-refractivity contribution is 7.91. The maximum Gasteiger partial charge on any atom is 0.252 e. The van der Waals surface area contributed by atoms with Crippen molar-refractivity contribution in [3.8, 4) is 0 Å². The Balaban J connectivity index is 1.78. The maximum atomic E-state index is 12.7. The SMILES string of the molecule is CCN(CC)CCCNC(=O)[C@@H](C)C1CCN(S(=O)(=O)c2ccc(Cl)s2)CC1. The first-order chi connectivity index (χ1) is 13.3. The summed E-state index contributed by atoms with van der Waals surface area (Å²) < 4.78 is 27.6. The number of halogens is 1. The van der Waals surface area contributed by atoms with Gasteiger partial charge in [0.25, 0.3) is 10.0 Å². The number of sulfonamides is 1. The lowest BCUT2D eigenvalue weighted by Gasteiger charge is -2.33. The van der Waals surface area contributed by atoms with Gasteiger partial charge < -0.3 is 10.2 Å². The molecule has 1 aliphatic heterocycles. The second-order valence-electron chi connectivity index (χ2n) is 7.26. The van der Waals surface area contributed by atoms with E-state index >= 15 is 0 Å². The minimum Gasteiger partial charge on any atom is -0.356 e. The van der Waals surface area contributed by atoms with E-state index in [0.29, 0.717) is 36.8 Å². The van der Waals surface area contributed by atoms with Crippen LogP contribution < -0.4 is 5.32 Å². The number of rotatable bonds is 10. The summed E-state index contributed by atoms with van der Waals surface area (Å²) in [6.07, 6.45) is 2.35. The maximum absolute atomic E-state index is 12.7. The van der Waals surface area contributed by atoms with E-state index in [1.807, 2.05) is 6.92 Å². The molecule has 2 heterocycles. The van der Waals surface area contributed by atoms with Crippen LogP contribution >= 0.6 is 22.9 Å². The van der Waals surface area contributed by atoms with Crippen molar-refractivity contribution in [2.75, 3.05) is 39.3 Å². The van der Waals surface area contributed by atoms with Gasteiger partial charge in [0, 0.05) is 25.6 Å². The van der Waals surface area contributed by atoms with Crippen molar-refractivity contribution in [1.29, 1.82) is 0 Å². The Labute approximate surface area is 178 Å². The number of hydrogen-bond acceptors (Lipinski definition) is 5. The lowest BCUT2D eigenvalue weighted by atomic mass is 9.85. The fourth-order valence-electron chi connectivity index (χ4n) is 3.61. The second-order valence-corrected chi connectivity index (χ2v) is 11.1. The molecule has 0 bridgehead atoms. The van der Waals surface area contributed by atoms with Crippen molar-refractivity contribution in [3.05, 3.63) is 16.5 Å². The zero-order chi connectivity index (χ0) is 20.7. The minimum atomic E-state index is -3.48. The molecule has 2 rings (SSSR count). The Kier molecular flexibility index (Phi) is 9.21. The van der Waals surface area contributed by atoms with Gasteiger partial charge in [-0.25, -0.2) is 8.42 Å². The van der Waals surface area contributed by atoms with Gasteiger partial charge >= 0.3 is 0 Å². The molecular weight excluding hydrogens is 418 g/mol. The van der Waals surface area contributed by atoms with Gasteiger partial charge in [-0.1, -0.05) is 32.4 Å². The van der Waals surface area contributed by atoms with E-state index in [0.717, 1.165) is 37.4 Å². The quantitative estimate of drug-likeness (QED) is 0.556. The number of amides is 1. The monoisotopic (exact) mass is 449 g/mol. The van der Waals surface area contributed by atoms with Gasteiger partial charge in [0.2, 0.25) is 5.91 Å². The first kappa shape index (κ1) is 23.6. The van der Waals surface area contributed by atoms with E-state index in [1.54, 1.807) is 12.1 Å². The second kappa shape index (κ2) is 10.9. The molecule has 160 valence electrons. The third-order valence-corrected chi connectivity index (χ3v) is 9.20. The fourth-order valence-corrected chi connectivity index (χ4v) is 6.72. The molecule has 1 saturated heterocycles. The van der Waals surface area contributed by atoms with Crippen LogP contribution in [0, 0.1) is 11.8 Å². The summed E-state index contributed by atoms with van der Waals surface area (Å²) in [5, 5.41) is 3.04. The molecule has 1 aliphatic rings. The highest BCUT2D eigenvalue weighted by Gasteiger charge is 2.34. The third-order valence-electron chi connectivity index (χ3n) is 5.61. The van der Waals surface area contributed by atoms with E-state index < -0.39 is 10.0 Å². The molecule has 1 amide bonds. The van der Waals surface area contributed by atoms with Crippen molar-refractivity contribution < 1.29 is 13.2 Å². The number of nitrogens with zero attached hydrogens (tertiary/aromatic N) is 2. The lowest BCUT2D eigenvalue weighted by Crippen LogP contribution is -2.42. The molecule has 6 nitrogen and oxygen atoms in total. The Morgan fingerprint density at radius 2 is 1.96 bits per heavy atom. The molecule has 0 radical (unpaired) electrons. The zero-order valence-corrected chi connectivity index (χ0v) is 19.4. The van der Waals surface area contributed by atoms with Crippen molar-refractivity contribution in [1.82, 2.24) is 14.5 Å². The summed E-state index contributed by atoms with van der Waals surface area (Å²) >= 11 is 6.96. The van der Waals surface area contributed by atoms with Crippen LogP contribution in [0.25, 0.3) is 0 Å². The van der Waals surface area contributed by atoms with Crippen molar-refractivity contribution in [2.45, 2.75) is 44.2 Å². The molecule has 0 aromatic carbocycles. The first-order valence-electron chi connectivity index (χ1n) is 10.0. The summed E-state index contributed by atoms with van der Waals surface area (Å²) in [5.41, 5.74) is 0. The summed E-state index contributed by atoms with van der Waals surface area (Å²) in [6, 6.07) is 3.17. The van der Waals surface area contributed by atoms with E-state index in [2.05, 4.69) is 24.1 Å². The standard InChI is InChI=1S/C19H32ClN3O3S2/c1-4-22(5-2)12-6-11-21-19(24)15(3)16-9-13-23(14-10-16)28(25,26)18-8-7-17(20)27-18/h7-8,15-16H,4-6,9-14H2,1-3H3,(H,21,24)/t15-/m0/s1. The smallest absolute Gasteiger partial charge is 0.252 e. The summed E-state index contributed by atoms with van der Waals surface area (Å²) in [7, 11) is -3.48. The Hall–Kier alpha value is -0.670. The molecule has 1 aromatic rings. The van der Waals surface area contributed by atoms with Gasteiger partial charge in [0.05, 0.1) is 4.34 Å². The normalized spacial score (nSPS) is 17.8. The van der Waals surface area contributed by atoms with Crippen LogP contribution in [-0.2, 0) is 14.8 Å². The lowest BCUT2D eigenvalue weighted by molar-refractivity contribution is -0.126. The largest absolute Gasteiger partial charge is 0.356 e. The fraction of sp³-hybridized carbons (Fsp3) is 0.737. The Morgan fingerprint density at radius 1 is 1.32 bits per heavy atom. The Morgan fingerprint density at radius 3 is 2.50 bits per heavy atom. The molecule has 1 aromatic heterocycles. The predicted octanol–water partition coefficient (Wildman–Crippen LogP) is 3.29. The number of carbonyl (C=O) groups excluding carboxylic acids is 1. The van der Waals surface area contributed by atoms with Crippen LogP contribution in [0.2, 0.25) is 4.34 Å². The molecule has 1 fully saturated rings. The van der Waals surface area contributed by atoms with Crippen molar-refractivity contribution >= 4 is 38.9 Å². The molecular formula is C19H32ClN3O3S2.